The molecule has 0 radical (unpaired) electrons. The number of esters is 1. The summed E-state index contributed by atoms with van der Waals surface area (Å²) in [6, 6.07) is 11.8. The number of pyridine rings is 1. The summed E-state index contributed by atoms with van der Waals surface area (Å²) in [4.78, 5) is 28.0. The zero-order valence-corrected chi connectivity index (χ0v) is 16.7. The van der Waals surface area contributed by atoms with Crippen molar-refractivity contribution >= 4 is 61.8 Å². The van der Waals surface area contributed by atoms with E-state index in [0.717, 1.165) is 5.56 Å². The van der Waals surface area contributed by atoms with E-state index in [1.165, 1.54) is 6.92 Å². The number of Topliss-reactive ketones (excluding diaryl/α,β-unsaturated/α-hetero) is 1. The van der Waals surface area contributed by atoms with Gasteiger partial charge in [0, 0.05) is 28.5 Å². The van der Waals surface area contributed by atoms with Crippen LogP contribution in [0.3, 0.4) is 0 Å². The molecule has 0 bridgehead atoms. The number of halogens is 3. The van der Waals surface area contributed by atoms with Gasteiger partial charge >= 0.3 is 5.97 Å². The maximum absolute atomic E-state index is 12.4. The fourth-order valence-electron chi connectivity index (χ4n) is 2.56. The summed E-state index contributed by atoms with van der Waals surface area (Å²) in [6.45, 7) is 1.34. The van der Waals surface area contributed by atoms with Crippen molar-refractivity contribution < 1.29 is 14.3 Å². The van der Waals surface area contributed by atoms with Crippen LogP contribution in [0.4, 0.5) is 0 Å². The Morgan fingerprint density at radius 3 is 2.42 bits per heavy atom. The number of ether oxygens (including phenoxy) is 1. The molecule has 3 aromatic rings. The lowest BCUT2D eigenvalue weighted by molar-refractivity contribution is -0.131. The number of nitrogens with zero attached hydrogens (tertiary/aromatic N) is 1. The molecule has 0 spiro atoms. The first kappa shape index (κ1) is 18.8. The molecule has 0 saturated carbocycles. The second kappa shape index (κ2) is 7.74. The van der Waals surface area contributed by atoms with E-state index in [-0.39, 0.29) is 11.1 Å². The van der Waals surface area contributed by atoms with Crippen LogP contribution in [-0.4, -0.2) is 22.1 Å². The molecular formula is C19H12BrCl2NO3. The van der Waals surface area contributed by atoms with Crippen LogP contribution in [0.2, 0.25) is 10.0 Å². The molecule has 0 amide bonds. The van der Waals surface area contributed by atoms with Crippen molar-refractivity contribution in [1.82, 2.24) is 4.98 Å². The smallest absolute Gasteiger partial charge is 0.308 e. The van der Waals surface area contributed by atoms with Gasteiger partial charge in [-0.2, -0.15) is 0 Å². The number of ketones is 1. The van der Waals surface area contributed by atoms with Gasteiger partial charge in [0.2, 0.25) is 0 Å². The Labute approximate surface area is 168 Å². The minimum absolute atomic E-state index is 0.103. The maximum Gasteiger partial charge on any atom is 0.308 e. The highest BCUT2D eigenvalue weighted by Gasteiger charge is 2.16. The van der Waals surface area contributed by atoms with Crippen molar-refractivity contribution in [2.75, 3.05) is 5.33 Å². The van der Waals surface area contributed by atoms with Crippen LogP contribution in [-0.2, 0) is 4.79 Å². The van der Waals surface area contributed by atoms with E-state index < -0.39 is 5.97 Å². The lowest BCUT2D eigenvalue weighted by atomic mass is 10.0. The van der Waals surface area contributed by atoms with Crippen LogP contribution in [0.1, 0.15) is 17.3 Å². The molecule has 0 unspecified atom stereocenters. The first-order chi connectivity index (χ1) is 12.4. The standard InChI is InChI=1S/C19H12BrCl2NO3/c1-10(24)26-13-4-2-11(3-5-13)17-8-14(18(25)9-20)15-6-12(21)7-16(22)19(15)23-17/h2-8H,9H2,1H3. The van der Waals surface area contributed by atoms with Crippen LogP contribution in [0.25, 0.3) is 22.2 Å². The summed E-state index contributed by atoms with van der Waals surface area (Å²) >= 11 is 15.6. The van der Waals surface area contributed by atoms with E-state index in [1.807, 2.05) is 0 Å². The average molecular weight is 453 g/mol. The molecule has 0 fully saturated rings. The van der Waals surface area contributed by atoms with Crippen molar-refractivity contribution in [3.8, 4) is 17.0 Å². The lowest BCUT2D eigenvalue weighted by Crippen LogP contribution is -2.03. The molecule has 0 aliphatic rings. The first-order valence-corrected chi connectivity index (χ1v) is 9.44. The van der Waals surface area contributed by atoms with Crippen LogP contribution < -0.4 is 4.74 Å². The monoisotopic (exact) mass is 451 g/mol. The summed E-state index contributed by atoms with van der Waals surface area (Å²) in [5.41, 5.74) is 2.33. The minimum atomic E-state index is -0.393. The second-order valence-electron chi connectivity index (χ2n) is 5.51. The molecule has 132 valence electrons. The summed E-state index contributed by atoms with van der Waals surface area (Å²) in [5.74, 6) is -0.0624. The predicted octanol–water partition coefficient (Wildman–Crippen LogP) is 5.71. The summed E-state index contributed by atoms with van der Waals surface area (Å²) in [7, 11) is 0. The molecule has 2 aromatic carbocycles. The molecule has 3 rings (SSSR count). The third-order valence-electron chi connectivity index (χ3n) is 3.67. The molecule has 0 N–H and O–H groups in total. The van der Waals surface area contributed by atoms with Gasteiger partial charge in [-0.3, -0.25) is 9.59 Å². The molecule has 0 atom stereocenters. The number of benzene rings is 2. The second-order valence-corrected chi connectivity index (χ2v) is 6.92. The Morgan fingerprint density at radius 1 is 1.12 bits per heavy atom. The number of alkyl halides is 1. The third kappa shape index (κ3) is 3.90. The van der Waals surface area contributed by atoms with E-state index in [1.54, 1.807) is 42.5 Å². The summed E-state index contributed by atoms with van der Waals surface area (Å²) in [5, 5.41) is 1.58. The zero-order chi connectivity index (χ0) is 18.8. The third-order valence-corrected chi connectivity index (χ3v) is 4.68. The van der Waals surface area contributed by atoms with Crippen LogP contribution in [0.5, 0.6) is 5.75 Å². The first-order valence-electron chi connectivity index (χ1n) is 7.57. The number of carbonyl (C=O) groups excluding carboxylic acids is 2. The van der Waals surface area contributed by atoms with E-state index in [2.05, 4.69) is 20.9 Å². The van der Waals surface area contributed by atoms with Crippen LogP contribution in [0.15, 0.2) is 42.5 Å². The van der Waals surface area contributed by atoms with Crippen molar-refractivity contribution in [3.05, 3.63) is 58.1 Å². The molecule has 0 saturated heterocycles. The summed E-state index contributed by atoms with van der Waals surface area (Å²) < 4.78 is 5.03. The highest BCUT2D eigenvalue weighted by Crippen LogP contribution is 2.32. The van der Waals surface area contributed by atoms with Gasteiger partial charge in [-0.25, -0.2) is 4.98 Å². The number of fused-ring (bicyclic) bond motifs is 1. The number of hydrogen-bond acceptors (Lipinski definition) is 4. The topological polar surface area (TPSA) is 56.3 Å². The van der Waals surface area contributed by atoms with Gasteiger partial charge in [0.05, 0.1) is 21.6 Å². The fraction of sp³-hybridized carbons (Fsp3) is 0.105. The number of rotatable bonds is 4. The number of carbonyl (C=O) groups is 2. The Hall–Kier alpha value is -1.95. The van der Waals surface area contributed by atoms with Gasteiger partial charge in [-0.05, 0) is 42.5 Å². The highest BCUT2D eigenvalue weighted by atomic mass is 79.9. The van der Waals surface area contributed by atoms with Crippen LogP contribution in [0, 0.1) is 0 Å². The molecule has 1 heterocycles. The quantitative estimate of drug-likeness (QED) is 0.220. The number of aromatic nitrogens is 1. The fourth-order valence-corrected chi connectivity index (χ4v) is 3.40. The Kier molecular flexibility index (Phi) is 5.61. The molecule has 7 heteroatoms. The molecule has 1 aromatic heterocycles. The van der Waals surface area contributed by atoms with Gasteiger partial charge in [-0.15, -0.1) is 0 Å². The number of hydrogen-bond donors (Lipinski definition) is 0. The van der Waals surface area contributed by atoms with E-state index in [9.17, 15) is 9.59 Å². The highest BCUT2D eigenvalue weighted by molar-refractivity contribution is 9.09. The van der Waals surface area contributed by atoms with Gasteiger partial charge in [0.25, 0.3) is 0 Å². The summed E-state index contributed by atoms with van der Waals surface area (Å²) in [6.07, 6.45) is 0. The van der Waals surface area contributed by atoms with Gasteiger partial charge in [-0.1, -0.05) is 39.1 Å². The van der Waals surface area contributed by atoms with Crippen molar-refractivity contribution in [3.63, 3.8) is 0 Å². The van der Waals surface area contributed by atoms with E-state index in [4.69, 9.17) is 27.9 Å². The molecular weight excluding hydrogens is 441 g/mol. The molecule has 0 aliphatic carbocycles. The predicted molar refractivity (Wildman–Crippen MR) is 107 cm³/mol. The largest absolute Gasteiger partial charge is 0.427 e. The molecule has 0 aliphatic heterocycles. The van der Waals surface area contributed by atoms with Gasteiger partial charge in [0.15, 0.2) is 5.78 Å². The van der Waals surface area contributed by atoms with E-state index >= 15 is 0 Å². The molecule has 26 heavy (non-hydrogen) atoms. The van der Waals surface area contributed by atoms with Gasteiger partial charge in [0.1, 0.15) is 5.75 Å². The molecule has 4 nitrogen and oxygen atoms in total. The van der Waals surface area contributed by atoms with Crippen LogP contribution >= 0.6 is 39.1 Å². The lowest BCUT2D eigenvalue weighted by Gasteiger charge is -2.11. The average Bonchev–Trinajstić information content (AvgIpc) is 2.60. The SMILES string of the molecule is CC(=O)Oc1ccc(-c2cc(C(=O)CBr)c3cc(Cl)cc(Cl)c3n2)cc1. The van der Waals surface area contributed by atoms with Crippen molar-refractivity contribution in [1.29, 1.82) is 0 Å². The minimum Gasteiger partial charge on any atom is -0.427 e. The zero-order valence-electron chi connectivity index (χ0n) is 13.6. The van der Waals surface area contributed by atoms with Crippen molar-refractivity contribution in [2.45, 2.75) is 6.92 Å². The Balaban J connectivity index is 2.17. The Morgan fingerprint density at radius 2 is 1.81 bits per heavy atom. The Bertz CT molecular complexity index is 1020. The van der Waals surface area contributed by atoms with E-state index in [0.29, 0.717) is 38.0 Å². The van der Waals surface area contributed by atoms with Gasteiger partial charge < -0.3 is 4.74 Å². The maximum atomic E-state index is 12.4. The van der Waals surface area contributed by atoms with Crippen molar-refractivity contribution in [2.24, 2.45) is 0 Å². The normalized spacial score (nSPS) is 10.8.